The molecule has 1 heterocycles. The van der Waals surface area contributed by atoms with Crippen LogP contribution in [0.1, 0.15) is 19.4 Å². The van der Waals surface area contributed by atoms with E-state index in [1.807, 2.05) is 0 Å². The molecule has 0 aromatic heterocycles. The van der Waals surface area contributed by atoms with Crippen LogP contribution in [0.2, 0.25) is 0 Å². The molecule has 0 atom stereocenters. The average molecular weight is 333 g/mol. The molecular formula is C18H20FNO4. The lowest BCUT2D eigenvalue weighted by Crippen LogP contribution is -2.28. The normalized spacial score (nSPS) is 16.2. The van der Waals surface area contributed by atoms with Crippen LogP contribution in [0.5, 0.6) is 0 Å². The summed E-state index contributed by atoms with van der Waals surface area (Å²) in [7, 11) is 1.54. The van der Waals surface area contributed by atoms with Gasteiger partial charge in [0.1, 0.15) is 5.82 Å². The van der Waals surface area contributed by atoms with Gasteiger partial charge in [0.25, 0.3) is 5.91 Å². The van der Waals surface area contributed by atoms with Crippen molar-refractivity contribution < 1.29 is 23.5 Å². The molecular weight excluding hydrogens is 313 g/mol. The highest BCUT2D eigenvalue weighted by molar-refractivity contribution is 6.16. The van der Waals surface area contributed by atoms with E-state index >= 15 is 0 Å². The predicted molar refractivity (Wildman–Crippen MR) is 87.3 cm³/mol. The molecule has 1 aromatic rings. The van der Waals surface area contributed by atoms with E-state index in [2.05, 4.69) is 0 Å². The third-order valence-corrected chi connectivity index (χ3v) is 3.69. The first kappa shape index (κ1) is 17.9. The van der Waals surface area contributed by atoms with Gasteiger partial charge in [0.15, 0.2) is 0 Å². The molecule has 24 heavy (non-hydrogen) atoms. The number of carbonyl (C=O) groups excluding carboxylic acids is 2. The Labute approximate surface area is 140 Å². The molecule has 1 aliphatic rings. The van der Waals surface area contributed by atoms with E-state index in [-0.39, 0.29) is 29.5 Å². The van der Waals surface area contributed by atoms with Crippen LogP contribution in [0.4, 0.5) is 4.39 Å². The van der Waals surface area contributed by atoms with E-state index in [0.717, 1.165) is 0 Å². The molecule has 0 aliphatic carbocycles. The molecule has 0 bridgehead atoms. The van der Waals surface area contributed by atoms with Crippen molar-refractivity contribution in [1.82, 2.24) is 4.90 Å². The summed E-state index contributed by atoms with van der Waals surface area (Å²) in [5, 5.41) is 0. The number of benzene rings is 1. The molecule has 0 spiro atoms. The maximum absolute atomic E-state index is 13.1. The Morgan fingerprint density at radius 1 is 1.29 bits per heavy atom. The number of hydrogen-bond donors (Lipinski definition) is 0. The fourth-order valence-electron chi connectivity index (χ4n) is 2.51. The van der Waals surface area contributed by atoms with Crippen molar-refractivity contribution in [2.45, 2.75) is 13.8 Å². The largest absolute Gasteiger partial charge is 0.462 e. The summed E-state index contributed by atoms with van der Waals surface area (Å²) >= 11 is 0. The first-order valence-electron chi connectivity index (χ1n) is 7.66. The molecule has 5 nitrogen and oxygen atoms in total. The zero-order chi connectivity index (χ0) is 17.7. The number of esters is 1. The SMILES string of the molecule is CCOC(=O)C1=C(C)N(CCOC)C(=O)C1=Cc1ccc(F)cc1. The molecule has 1 amide bonds. The number of hydrogen-bond acceptors (Lipinski definition) is 4. The van der Waals surface area contributed by atoms with Crippen LogP contribution in [0.3, 0.4) is 0 Å². The molecule has 1 aromatic carbocycles. The number of rotatable bonds is 6. The third-order valence-electron chi connectivity index (χ3n) is 3.69. The quantitative estimate of drug-likeness (QED) is 0.593. The number of nitrogens with zero attached hydrogens (tertiary/aromatic N) is 1. The van der Waals surface area contributed by atoms with Crippen LogP contribution < -0.4 is 0 Å². The van der Waals surface area contributed by atoms with E-state index in [4.69, 9.17) is 9.47 Å². The monoisotopic (exact) mass is 333 g/mol. The molecule has 0 saturated heterocycles. The Kier molecular flexibility index (Phi) is 5.87. The summed E-state index contributed by atoms with van der Waals surface area (Å²) in [4.78, 5) is 26.5. The van der Waals surface area contributed by atoms with E-state index in [9.17, 15) is 14.0 Å². The summed E-state index contributed by atoms with van der Waals surface area (Å²) < 4.78 is 23.1. The number of ether oxygens (including phenoxy) is 2. The van der Waals surface area contributed by atoms with Crippen LogP contribution >= 0.6 is 0 Å². The van der Waals surface area contributed by atoms with Crippen LogP contribution in [0, 0.1) is 5.82 Å². The molecule has 0 radical (unpaired) electrons. The lowest BCUT2D eigenvalue weighted by molar-refractivity contribution is -0.138. The lowest BCUT2D eigenvalue weighted by Gasteiger charge is -2.16. The zero-order valence-corrected chi connectivity index (χ0v) is 14.0. The smallest absolute Gasteiger partial charge is 0.340 e. The van der Waals surface area contributed by atoms with E-state index in [0.29, 0.717) is 24.4 Å². The highest BCUT2D eigenvalue weighted by Crippen LogP contribution is 2.31. The Morgan fingerprint density at radius 2 is 1.96 bits per heavy atom. The second-order valence-electron chi connectivity index (χ2n) is 5.24. The number of methoxy groups -OCH3 is 1. The highest BCUT2D eigenvalue weighted by Gasteiger charge is 2.36. The number of allylic oxidation sites excluding steroid dienone is 1. The Balaban J connectivity index is 2.44. The number of amides is 1. The fourth-order valence-corrected chi connectivity index (χ4v) is 2.51. The molecule has 0 unspecified atom stereocenters. The summed E-state index contributed by atoms with van der Waals surface area (Å²) in [5.74, 6) is -1.21. The maximum atomic E-state index is 13.1. The van der Waals surface area contributed by atoms with Gasteiger partial charge in [-0.25, -0.2) is 9.18 Å². The molecule has 2 rings (SSSR count). The van der Waals surface area contributed by atoms with Gasteiger partial charge in [0.05, 0.1) is 24.4 Å². The minimum Gasteiger partial charge on any atom is -0.462 e. The third kappa shape index (κ3) is 3.71. The minimum atomic E-state index is -0.545. The van der Waals surface area contributed by atoms with Crippen LogP contribution in [0.15, 0.2) is 41.1 Å². The minimum absolute atomic E-state index is 0.214. The van der Waals surface area contributed by atoms with Crippen LogP contribution in [0.25, 0.3) is 6.08 Å². The van der Waals surface area contributed by atoms with Gasteiger partial charge < -0.3 is 14.4 Å². The average Bonchev–Trinajstić information content (AvgIpc) is 2.78. The number of carbonyl (C=O) groups is 2. The molecule has 0 saturated carbocycles. The van der Waals surface area contributed by atoms with Crippen molar-refractivity contribution in [3.05, 3.63) is 52.5 Å². The van der Waals surface area contributed by atoms with Crippen molar-refractivity contribution in [1.29, 1.82) is 0 Å². The van der Waals surface area contributed by atoms with Gasteiger partial charge in [0, 0.05) is 19.4 Å². The van der Waals surface area contributed by atoms with Gasteiger partial charge in [0.2, 0.25) is 0 Å². The Bertz CT molecular complexity index is 691. The predicted octanol–water partition coefficient (Wildman–Crippen LogP) is 2.53. The second-order valence-corrected chi connectivity index (χ2v) is 5.24. The topological polar surface area (TPSA) is 55.8 Å². The first-order valence-corrected chi connectivity index (χ1v) is 7.66. The fraction of sp³-hybridized carbons (Fsp3) is 0.333. The van der Waals surface area contributed by atoms with Crippen LogP contribution in [-0.2, 0) is 19.1 Å². The molecule has 6 heteroatoms. The Morgan fingerprint density at radius 3 is 2.54 bits per heavy atom. The van der Waals surface area contributed by atoms with Crippen molar-refractivity contribution >= 4 is 18.0 Å². The van der Waals surface area contributed by atoms with Crippen molar-refractivity contribution in [2.75, 3.05) is 26.9 Å². The summed E-state index contributed by atoms with van der Waals surface area (Å²) in [6.45, 7) is 4.31. The second kappa shape index (κ2) is 7.88. The molecule has 1 aliphatic heterocycles. The van der Waals surface area contributed by atoms with E-state index < -0.39 is 5.97 Å². The highest BCUT2D eigenvalue weighted by atomic mass is 19.1. The standard InChI is InChI=1S/C18H20FNO4/c1-4-24-18(22)16-12(2)20(9-10-23-3)17(21)15(16)11-13-5-7-14(19)8-6-13/h5-8,11H,4,9-10H2,1-3H3. The molecule has 0 fully saturated rings. The Hall–Kier alpha value is -2.47. The summed E-state index contributed by atoms with van der Waals surface area (Å²) in [6.07, 6.45) is 1.57. The van der Waals surface area contributed by atoms with Crippen molar-refractivity contribution in [3.8, 4) is 0 Å². The molecule has 0 N–H and O–H groups in total. The van der Waals surface area contributed by atoms with Crippen molar-refractivity contribution in [3.63, 3.8) is 0 Å². The van der Waals surface area contributed by atoms with Gasteiger partial charge in [-0.05, 0) is 37.6 Å². The van der Waals surface area contributed by atoms with Gasteiger partial charge in [-0.15, -0.1) is 0 Å². The number of halogens is 1. The zero-order valence-electron chi connectivity index (χ0n) is 14.0. The van der Waals surface area contributed by atoms with E-state index in [1.54, 1.807) is 39.2 Å². The van der Waals surface area contributed by atoms with Gasteiger partial charge in [-0.1, -0.05) is 12.1 Å². The summed E-state index contributed by atoms with van der Waals surface area (Å²) in [6, 6.07) is 5.70. The van der Waals surface area contributed by atoms with Crippen molar-refractivity contribution in [2.24, 2.45) is 0 Å². The van der Waals surface area contributed by atoms with Gasteiger partial charge >= 0.3 is 5.97 Å². The van der Waals surface area contributed by atoms with E-state index in [1.165, 1.54) is 17.0 Å². The first-order chi connectivity index (χ1) is 11.5. The van der Waals surface area contributed by atoms with Gasteiger partial charge in [-0.3, -0.25) is 4.79 Å². The maximum Gasteiger partial charge on any atom is 0.340 e. The van der Waals surface area contributed by atoms with Gasteiger partial charge in [-0.2, -0.15) is 0 Å². The summed E-state index contributed by atoms with van der Waals surface area (Å²) in [5.41, 5.74) is 1.64. The lowest BCUT2D eigenvalue weighted by atomic mass is 10.0. The van der Waals surface area contributed by atoms with Crippen LogP contribution in [-0.4, -0.2) is 43.6 Å². The molecule has 128 valence electrons.